The molecular formula is C17H22O2. The van der Waals surface area contributed by atoms with E-state index in [1.807, 2.05) is 6.07 Å². The minimum atomic E-state index is -0.266. The summed E-state index contributed by atoms with van der Waals surface area (Å²) in [5.74, 6) is 0.699. The minimum Gasteiger partial charge on any atom is -0.462 e. The topological polar surface area (TPSA) is 26.3 Å². The third-order valence-electron chi connectivity index (χ3n) is 3.91. The molecule has 0 N–H and O–H groups in total. The van der Waals surface area contributed by atoms with Crippen LogP contribution in [-0.2, 0) is 9.53 Å². The highest BCUT2D eigenvalue weighted by atomic mass is 16.5. The standard InChI is InChI=1S/C17H22O2/c1-13(2)17(18)19-12-15-10-6-7-11-16(15)14-8-4-3-5-9-14/h3-5,8-9,15-16H,1,6-7,10-12H2,2H3. The largest absolute Gasteiger partial charge is 0.462 e. The highest BCUT2D eigenvalue weighted by Gasteiger charge is 2.27. The van der Waals surface area contributed by atoms with Crippen molar-refractivity contribution in [3.05, 3.63) is 48.0 Å². The molecule has 19 heavy (non-hydrogen) atoms. The van der Waals surface area contributed by atoms with E-state index in [1.165, 1.54) is 24.8 Å². The molecule has 2 heteroatoms. The number of rotatable bonds is 4. The SMILES string of the molecule is C=C(C)C(=O)OCC1CCCCC1c1ccccc1. The van der Waals surface area contributed by atoms with E-state index in [1.54, 1.807) is 6.92 Å². The maximum atomic E-state index is 11.5. The molecule has 0 aliphatic heterocycles. The second-order valence-corrected chi connectivity index (χ2v) is 5.44. The Morgan fingerprint density at radius 3 is 2.63 bits per heavy atom. The van der Waals surface area contributed by atoms with Gasteiger partial charge in [-0.15, -0.1) is 0 Å². The van der Waals surface area contributed by atoms with Crippen molar-refractivity contribution in [2.75, 3.05) is 6.61 Å². The van der Waals surface area contributed by atoms with Crippen molar-refractivity contribution < 1.29 is 9.53 Å². The third kappa shape index (κ3) is 3.69. The predicted octanol–water partition coefficient (Wildman–Crippen LogP) is 4.08. The number of hydrogen-bond donors (Lipinski definition) is 0. The highest BCUT2D eigenvalue weighted by Crippen LogP contribution is 2.37. The van der Waals surface area contributed by atoms with E-state index in [0.29, 0.717) is 24.0 Å². The Bertz CT molecular complexity index is 436. The van der Waals surface area contributed by atoms with Crippen LogP contribution in [-0.4, -0.2) is 12.6 Å². The van der Waals surface area contributed by atoms with E-state index < -0.39 is 0 Å². The van der Waals surface area contributed by atoms with Crippen LogP contribution in [0.25, 0.3) is 0 Å². The van der Waals surface area contributed by atoms with Crippen LogP contribution in [0.15, 0.2) is 42.5 Å². The molecule has 2 unspecified atom stereocenters. The quantitative estimate of drug-likeness (QED) is 0.601. The first-order valence-corrected chi connectivity index (χ1v) is 7.06. The summed E-state index contributed by atoms with van der Waals surface area (Å²) in [6.07, 6.45) is 4.84. The molecule has 1 fully saturated rings. The zero-order chi connectivity index (χ0) is 13.7. The first kappa shape index (κ1) is 13.9. The van der Waals surface area contributed by atoms with Crippen LogP contribution < -0.4 is 0 Å². The van der Waals surface area contributed by atoms with Gasteiger partial charge in [-0.05, 0) is 37.2 Å². The molecule has 0 saturated heterocycles. The van der Waals surface area contributed by atoms with Crippen molar-refractivity contribution >= 4 is 5.97 Å². The molecule has 0 amide bonds. The summed E-state index contributed by atoms with van der Waals surface area (Å²) in [6.45, 7) is 5.83. The second kappa shape index (κ2) is 6.55. The zero-order valence-corrected chi connectivity index (χ0v) is 11.6. The maximum absolute atomic E-state index is 11.5. The highest BCUT2D eigenvalue weighted by molar-refractivity contribution is 5.86. The second-order valence-electron chi connectivity index (χ2n) is 5.44. The van der Waals surface area contributed by atoms with Crippen molar-refractivity contribution in [1.82, 2.24) is 0 Å². The molecule has 0 aromatic heterocycles. The summed E-state index contributed by atoms with van der Waals surface area (Å²) >= 11 is 0. The van der Waals surface area contributed by atoms with Gasteiger partial charge in [-0.2, -0.15) is 0 Å². The van der Waals surface area contributed by atoms with Gasteiger partial charge in [0.15, 0.2) is 0 Å². The van der Waals surface area contributed by atoms with Gasteiger partial charge in [-0.1, -0.05) is 49.8 Å². The molecule has 102 valence electrons. The Morgan fingerprint density at radius 2 is 1.95 bits per heavy atom. The first-order chi connectivity index (χ1) is 9.18. The van der Waals surface area contributed by atoms with Gasteiger partial charge < -0.3 is 4.74 Å². The van der Waals surface area contributed by atoms with Gasteiger partial charge in [0.05, 0.1) is 6.61 Å². The molecular weight excluding hydrogens is 236 g/mol. The van der Waals surface area contributed by atoms with Crippen LogP contribution in [0.2, 0.25) is 0 Å². The molecule has 2 nitrogen and oxygen atoms in total. The summed E-state index contributed by atoms with van der Waals surface area (Å²) in [7, 11) is 0. The van der Waals surface area contributed by atoms with Gasteiger partial charge in [0, 0.05) is 5.57 Å². The van der Waals surface area contributed by atoms with Gasteiger partial charge in [-0.3, -0.25) is 0 Å². The number of benzene rings is 1. The van der Waals surface area contributed by atoms with Gasteiger partial charge in [-0.25, -0.2) is 4.79 Å². The zero-order valence-electron chi connectivity index (χ0n) is 11.6. The monoisotopic (exact) mass is 258 g/mol. The summed E-state index contributed by atoms with van der Waals surface area (Å²) in [4.78, 5) is 11.5. The van der Waals surface area contributed by atoms with E-state index in [2.05, 4.69) is 30.8 Å². The molecule has 2 rings (SSSR count). The lowest BCUT2D eigenvalue weighted by Crippen LogP contribution is -2.24. The van der Waals surface area contributed by atoms with E-state index in [0.717, 1.165) is 6.42 Å². The van der Waals surface area contributed by atoms with Crippen LogP contribution in [0.5, 0.6) is 0 Å². The number of ether oxygens (including phenoxy) is 1. The van der Waals surface area contributed by atoms with Crippen LogP contribution in [0.4, 0.5) is 0 Å². The van der Waals surface area contributed by atoms with Gasteiger partial charge >= 0.3 is 5.97 Å². The van der Waals surface area contributed by atoms with Crippen molar-refractivity contribution in [2.45, 2.75) is 38.5 Å². The lowest BCUT2D eigenvalue weighted by Gasteiger charge is -2.31. The number of hydrogen-bond acceptors (Lipinski definition) is 2. The summed E-state index contributed by atoms with van der Waals surface area (Å²) in [5, 5.41) is 0. The number of carbonyl (C=O) groups is 1. The molecule has 1 aromatic carbocycles. The fraction of sp³-hybridized carbons (Fsp3) is 0.471. The van der Waals surface area contributed by atoms with Crippen LogP contribution >= 0.6 is 0 Å². The van der Waals surface area contributed by atoms with Gasteiger partial charge in [0.25, 0.3) is 0 Å². The Hall–Kier alpha value is -1.57. The fourth-order valence-corrected chi connectivity index (χ4v) is 2.85. The lowest BCUT2D eigenvalue weighted by molar-refractivity contribution is -0.140. The smallest absolute Gasteiger partial charge is 0.333 e. The number of esters is 1. The van der Waals surface area contributed by atoms with Crippen molar-refractivity contribution in [3.63, 3.8) is 0 Å². The van der Waals surface area contributed by atoms with E-state index >= 15 is 0 Å². The van der Waals surface area contributed by atoms with Crippen LogP contribution in [0.1, 0.15) is 44.1 Å². The number of carbonyl (C=O) groups excluding carboxylic acids is 1. The van der Waals surface area contributed by atoms with E-state index in [9.17, 15) is 4.79 Å². The minimum absolute atomic E-state index is 0.266. The molecule has 0 heterocycles. The summed E-state index contributed by atoms with van der Waals surface area (Å²) < 4.78 is 5.36. The Labute approximate surface area is 115 Å². The molecule has 1 aromatic rings. The average molecular weight is 258 g/mol. The van der Waals surface area contributed by atoms with Crippen LogP contribution in [0.3, 0.4) is 0 Å². The Balaban J connectivity index is 2.00. The normalized spacial score (nSPS) is 22.8. The first-order valence-electron chi connectivity index (χ1n) is 7.06. The Morgan fingerprint density at radius 1 is 1.26 bits per heavy atom. The van der Waals surface area contributed by atoms with E-state index in [4.69, 9.17) is 4.74 Å². The molecule has 2 atom stereocenters. The third-order valence-corrected chi connectivity index (χ3v) is 3.91. The van der Waals surface area contributed by atoms with Crippen LogP contribution in [0, 0.1) is 5.92 Å². The molecule has 1 aliphatic rings. The Kier molecular flexibility index (Phi) is 4.78. The van der Waals surface area contributed by atoms with Crippen molar-refractivity contribution in [2.24, 2.45) is 5.92 Å². The van der Waals surface area contributed by atoms with Gasteiger partial charge in [0.1, 0.15) is 0 Å². The average Bonchev–Trinajstić information content (AvgIpc) is 2.46. The molecule has 0 spiro atoms. The van der Waals surface area contributed by atoms with E-state index in [-0.39, 0.29) is 5.97 Å². The molecule has 0 radical (unpaired) electrons. The molecule has 0 bridgehead atoms. The fourth-order valence-electron chi connectivity index (χ4n) is 2.85. The van der Waals surface area contributed by atoms with Crippen molar-refractivity contribution in [3.8, 4) is 0 Å². The van der Waals surface area contributed by atoms with Crippen molar-refractivity contribution in [1.29, 1.82) is 0 Å². The predicted molar refractivity (Wildman–Crippen MR) is 76.9 cm³/mol. The summed E-state index contributed by atoms with van der Waals surface area (Å²) in [5.41, 5.74) is 1.85. The van der Waals surface area contributed by atoms with Gasteiger partial charge in [0.2, 0.25) is 0 Å². The molecule has 1 saturated carbocycles. The molecule has 1 aliphatic carbocycles. The maximum Gasteiger partial charge on any atom is 0.333 e. The summed E-state index contributed by atoms with van der Waals surface area (Å²) in [6, 6.07) is 10.6. The lowest BCUT2D eigenvalue weighted by atomic mass is 9.76.